The van der Waals surface area contributed by atoms with Crippen LogP contribution in [0, 0.1) is 12.7 Å². The average molecular weight is 351 g/mol. The molecule has 2 aromatic carbocycles. The van der Waals surface area contributed by atoms with Gasteiger partial charge >= 0.3 is 0 Å². The second-order valence-electron chi connectivity index (χ2n) is 7.05. The number of carbonyl (C=O) groups is 1. The first-order valence-electron chi connectivity index (χ1n) is 9.05. The maximum atomic E-state index is 13.7. The van der Waals surface area contributed by atoms with Gasteiger partial charge in [-0.05, 0) is 74.2 Å². The Morgan fingerprint density at radius 2 is 1.85 bits per heavy atom. The third-order valence-electron chi connectivity index (χ3n) is 5.08. The van der Waals surface area contributed by atoms with Crippen molar-refractivity contribution in [3.8, 4) is 0 Å². The van der Waals surface area contributed by atoms with Crippen LogP contribution in [0.2, 0.25) is 0 Å². The molecule has 2 aromatic rings. The molecule has 0 saturated carbocycles. The highest BCUT2D eigenvalue weighted by Crippen LogP contribution is 2.33. The summed E-state index contributed by atoms with van der Waals surface area (Å²) in [5, 5.41) is 6.46. The van der Waals surface area contributed by atoms with Crippen LogP contribution in [0.3, 0.4) is 0 Å². The van der Waals surface area contributed by atoms with Crippen molar-refractivity contribution in [2.24, 2.45) is 5.10 Å². The van der Waals surface area contributed by atoms with E-state index in [2.05, 4.69) is 5.10 Å². The van der Waals surface area contributed by atoms with Gasteiger partial charge in [0.05, 0.1) is 11.4 Å². The van der Waals surface area contributed by atoms with E-state index >= 15 is 0 Å². The number of halogens is 1. The van der Waals surface area contributed by atoms with E-state index in [9.17, 15) is 9.18 Å². The van der Waals surface area contributed by atoms with Gasteiger partial charge in [0.15, 0.2) is 0 Å². The second-order valence-corrected chi connectivity index (χ2v) is 7.05. The summed E-state index contributed by atoms with van der Waals surface area (Å²) in [5.74, 6) is -0.269. The molecule has 1 amide bonds. The SMILES string of the molecule is CC1=NN(c2ccc(C(=O)N3CCCc4cc(F)cc(C)c43)cc2)CC1. The Bertz CT molecular complexity index is 889. The molecule has 0 bridgehead atoms. The van der Waals surface area contributed by atoms with Crippen LogP contribution < -0.4 is 9.91 Å². The number of rotatable bonds is 2. The van der Waals surface area contributed by atoms with Crippen LogP contribution in [0.4, 0.5) is 15.8 Å². The van der Waals surface area contributed by atoms with Crippen LogP contribution in [0.1, 0.15) is 41.3 Å². The van der Waals surface area contributed by atoms with E-state index in [1.54, 1.807) is 11.0 Å². The van der Waals surface area contributed by atoms with Crippen molar-refractivity contribution >= 4 is 23.0 Å². The first-order valence-corrected chi connectivity index (χ1v) is 9.05. The number of hydrazone groups is 1. The van der Waals surface area contributed by atoms with Gasteiger partial charge in [-0.3, -0.25) is 9.80 Å². The Morgan fingerprint density at radius 3 is 2.54 bits per heavy atom. The quantitative estimate of drug-likeness (QED) is 0.808. The van der Waals surface area contributed by atoms with Gasteiger partial charge in [0.25, 0.3) is 5.91 Å². The fourth-order valence-electron chi connectivity index (χ4n) is 3.82. The van der Waals surface area contributed by atoms with Gasteiger partial charge in [-0.2, -0.15) is 5.10 Å². The number of benzene rings is 2. The average Bonchev–Trinajstić information content (AvgIpc) is 3.07. The Labute approximate surface area is 152 Å². The summed E-state index contributed by atoms with van der Waals surface area (Å²) in [5.41, 5.74) is 5.36. The lowest BCUT2D eigenvalue weighted by Gasteiger charge is -2.31. The summed E-state index contributed by atoms with van der Waals surface area (Å²) in [6.07, 6.45) is 2.63. The first kappa shape index (κ1) is 16.8. The highest BCUT2D eigenvalue weighted by atomic mass is 19.1. The summed E-state index contributed by atoms with van der Waals surface area (Å²) >= 11 is 0. The number of fused-ring (bicyclic) bond motifs is 1. The van der Waals surface area contributed by atoms with Crippen LogP contribution in [0.25, 0.3) is 0 Å². The largest absolute Gasteiger partial charge is 0.308 e. The van der Waals surface area contributed by atoms with Crippen molar-refractivity contribution in [3.05, 3.63) is 58.9 Å². The lowest BCUT2D eigenvalue weighted by Crippen LogP contribution is -2.36. The molecule has 0 aromatic heterocycles. The number of aryl methyl sites for hydroxylation is 2. The number of hydrogen-bond acceptors (Lipinski definition) is 3. The zero-order chi connectivity index (χ0) is 18.3. The molecule has 0 unspecified atom stereocenters. The van der Waals surface area contributed by atoms with Crippen molar-refractivity contribution in [1.29, 1.82) is 0 Å². The van der Waals surface area contributed by atoms with Crippen molar-refractivity contribution < 1.29 is 9.18 Å². The molecule has 5 heteroatoms. The van der Waals surface area contributed by atoms with Crippen molar-refractivity contribution in [2.75, 3.05) is 23.0 Å². The summed E-state index contributed by atoms with van der Waals surface area (Å²) in [7, 11) is 0. The Morgan fingerprint density at radius 1 is 1.08 bits per heavy atom. The predicted molar refractivity (Wildman–Crippen MR) is 103 cm³/mol. The first-order chi connectivity index (χ1) is 12.5. The minimum atomic E-state index is -0.235. The molecule has 0 atom stereocenters. The molecule has 2 heterocycles. The number of anilines is 2. The topological polar surface area (TPSA) is 35.9 Å². The fourth-order valence-corrected chi connectivity index (χ4v) is 3.82. The lowest BCUT2D eigenvalue weighted by atomic mass is 9.97. The van der Waals surface area contributed by atoms with E-state index in [-0.39, 0.29) is 11.7 Å². The van der Waals surface area contributed by atoms with E-state index < -0.39 is 0 Å². The van der Waals surface area contributed by atoms with Crippen molar-refractivity contribution in [3.63, 3.8) is 0 Å². The number of hydrogen-bond donors (Lipinski definition) is 0. The standard InChI is InChI=1S/C21H22FN3O/c1-14-12-18(22)13-17-4-3-10-24(20(14)17)21(26)16-5-7-19(8-6-16)25-11-9-15(2)23-25/h5-8,12-13H,3-4,9-11H2,1-2H3. The van der Waals surface area contributed by atoms with Crippen LogP contribution in [-0.4, -0.2) is 24.7 Å². The Hall–Kier alpha value is -2.69. The highest BCUT2D eigenvalue weighted by Gasteiger charge is 2.26. The van der Waals surface area contributed by atoms with E-state index in [0.717, 1.165) is 54.0 Å². The highest BCUT2D eigenvalue weighted by molar-refractivity contribution is 6.07. The summed E-state index contributed by atoms with van der Waals surface area (Å²) in [6.45, 7) is 5.43. The maximum absolute atomic E-state index is 13.7. The summed E-state index contributed by atoms with van der Waals surface area (Å²) in [4.78, 5) is 14.9. The summed E-state index contributed by atoms with van der Waals surface area (Å²) in [6, 6.07) is 10.6. The molecule has 0 spiro atoms. The van der Waals surface area contributed by atoms with Gasteiger partial charge in [-0.1, -0.05) is 0 Å². The Balaban J connectivity index is 1.61. The van der Waals surface area contributed by atoms with Crippen LogP contribution >= 0.6 is 0 Å². The molecular formula is C21H22FN3O. The molecular weight excluding hydrogens is 329 g/mol. The van der Waals surface area contributed by atoms with Crippen LogP contribution in [0.5, 0.6) is 0 Å². The second kappa shape index (κ2) is 6.56. The monoisotopic (exact) mass is 351 g/mol. The lowest BCUT2D eigenvalue weighted by molar-refractivity contribution is 0.0985. The molecule has 134 valence electrons. The van der Waals surface area contributed by atoms with Gasteiger partial charge < -0.3 is 4.90 Å². The molecule has 2 aliphatic rings. The molecule has 2 aliphatic heterocycles. The van der Waals surface area contributed by atoms with Crippen LogP contribution in [-0.2, 0) is 6.42 Å². The zero-order valence-corrected chi connectivity index (χ0v) is 15.1. The normalized spacial score (nSPS) is 16.5. The van der Waals surface area contributed by atoms with E-state index in [1.165, 1.54) is 6.07 Å². The number of amides is 1. The maximum Gasteiger partial charge on any atom is 0.258 e. The minimum Gasteiger partial charge on any atom is -0.308 e. The molecule has 0 N–H and O–H groups in total. The van der Waals surface area contributed by atoms with E-state index in [4.69, 9.17) is 0 Å². The number of carbonyl (C=O) groups excluding carboxylic acids is 1. The van der Waals surface area contributed by atoms with Gasteiger partial charge in [-0.15, -0.1) is 0 Å². The van der Waals surface area contributed by atoms with Crippen molar-refractivity contribution in [2.45, 2.75) is 33.1 Å². The Kier molecular flexibility index (Phi) is 4.23. The number of nitrogens with zero attached hydrogens (tertiary/aromatic N) is 3. The van der Waals surface area contributed by atoms with E-state index in [1.807, 2.05) is 43.1 Å². The van der Waals surface area contributed by atoms with Gasteiger partial charge in [0.2, 0.25) is 0 Å². The molecule has 0 aliphatic carbocycles. The van der Waals surface area contributed by atoms with E-state index in [0.29, 0.717) is 12.1 Å². The molecule has 0 radical (unpaired) electrons. The smallest absolute Gasteiger partial charge is 0.258 e. The molecule has 0 fully saturated rings. The fraction of sp³-hybridized carbons (Fsp3) is 0.333. The van der Waals surface area contributed by atoms with Crippen LogP contribution in [0.15, 0.2) is 41.5 Å². The van der Waals surface area contributed by atoms with Crippen molar-refractivity contribution in [1.82, 2.24) is 0 Å². The van der Waals surface area contributed by atoms with Gasteiger partial charge in [0.1, 0.15) is 5.82 Å². The third kappa shape index (κ3) is 2.98. The van der Waals surface area contributed by atoms with Gasteiger partial charge in [0, 0.05) is 30.8 Å². The molecule has 0 saturated heterocycles. The molecule has 26 heavy (non-hydrogen) atoms. The third-order valence-corrected chi connectivity index (χ3v) is 5.08. The minimum absolute atomic E-state index is 0.0340. The predicted octanol–water partition coefficient (Wildman–Crippen LogP) is 4.31. The molecule has 4 nitrogen and oxygen atoms in total. The van der Waals surface area contributed by atoms with Gasteiger partial charge in [-0.25, -0.2) is 4.39 Å². The zero-order valence-electron chi connectivity index (χ0n) is 15.1. The summed E-state index contributed by atoms with van der Waals surface area (Å²) < 4.78 is 13.7. The molecule has 4 rings (SSSR count).